The largest absolute Gasteiger partial charge is 0.459 e. The summed E-state index contributed by atoms with van der Waals surface area (Å²) in [5.74, 6) is -0.201. The molecule has 4 aromatic rings. The normalized spacial score (nSPS) is 10.6. The van der Waals surface area contributed by atoms with Crippen molar-refractivity contribution in [3.63, 3.8) is 0 Å². The summed E-state index contributed by atoms with van der Waals surface area (Å²) >= 11 is 1.25. The summed E-state index contributed by atoms with van der Waals surface area (Å²) < 4.78 is 5.11. The first-order chi connectivity index (χ1) is 15.2. The second-order valence-electron chi connectivity index (χ2n) is 6.92. The molecule has 0 aliphatic heterocycles. The monoisotopic (exact) mass is 431 g/mol. The van der Waals surface area contributed by atoms with Crippen LogP contribution in [-0.2, 0) is 13.0 Å². The van der Waals surface area contributed by atoms with Crippen LogP contribution in [0.2, 0.25) is 0 Å². The van der Waals surface area contributed by atoms with Crippen molar-refractivity contribution in [2.45, 2.75) is 13.0 Å². The molecule has 0 aliphatic carbocycles. The minimum Gasteiger partial charge on any atom is -0.459 e. The van der Waals surface area contributed by atoms with E-state index >= 15 is 0 Å². The van der Waals surface area contributed by atoms with Crippen LogP contribution in [0.3, 0.4) is 0 Å². The van der Waals surface area contributed by atoms with Gasteiger partial charge in [-0.3, -0.25) is 14.6 Å². The van der Waals surface area contributed by atoms with Crippen LogP contribution in [0, 0.1) is 0 Å². The Morgan fingerprint density at radius 3 is 2.55 bits per heavy atom. The quantitative estimate of drug-likeness (QED) is 0.432. The van der Waals surface area contributed by atoms with Crippen LogP contribution in [0.15, 0.2) is 89.8 Å². The highest BCUT2D eigenvalue weighted by atomic mass is 32.1. The molecule has 0 fully saturated rings. The van der Waals surface area contributed by atoms with Crippen molar-refractivity contribution in [3.8, 4) is 0 Å². The van der Waals surface area contributed by atoms with Crippen molar-refractivity contribution in [2.24, 2.45) is 0 Å². The van der Waals surface area contributed by atoms with Gasteiger partial charge in [-0.1, -0.05) is 36.4 Å². The molecule has 3 aromatic heterocycles. The van der Waals surface area contributed by atoms with Gasteiger partial charge in [0.25, 0.3) is 11.8 Å². The fourth-order valence-electron chi connectivity index (χ4n) is 3.13. The zero-order valence-corrected chi connectivity index (χ0v) is 17.5. The second kappa shape index (κ2) is 9.86. The molecule has 6 nitrogen and oxygen atoms in total. The minimum absolute atomic E-state index is 0.0803. The molecule has 7 heteroatoms. The lowest BCUT2D eigenvalue weighted by molar-refractivity contribution is 0.0749. The summed E-state index contributed by atoms with van der Waals surface area (Å²) in [4.78, 5) is 32.0. The lowest BCUT2D eigenvalue weighted by atomic mass is 10.1. The molecule has 0 radical (unpaired) electrons. The molecule has 4 rings (SSSR count). The number of benzene rings is 1. The Morgan fingerprint density at radius 1 is 0.968 bits per heavy atom. The Hall–Kier alpha value is -3.71. The Labute approximate surface area is 184 Å². The summed E-state index contributed by atoms with van der Waals surface area (Å²) in [7, 11) is 0. The highest BCUT2D eigenvalue weighted by Crippen LogP contribution is 2.25. The lowest BCUT2D eigenvalue weighted by Gasteiger charge is -2.22. The van der Waals surface area contributed by atoms with Crippen molar-refractivity contribution in [1.29, 1.82) is 0 Å². The summed E-state index contributed by atoms with van der Waals surface area (Å²) in [5.41, 5.74) is 2.14. The van der Waals surface area contributed by atoms with Crippen molar-refractivity contribution < 1.29 is 14.0 Å². The van der Waals surface area contributed by atoms with E-state index in [1.54, 1.807) is 36.7 Å². The van der Waals surface area contributed by atoms with Gasteiger partial charge in [0.2, 0.25) is 0 Å². The summed E-state index contributed by atoms with van der Waals surface area (Å²) in [6.07, 6.45) is 5.68. The number of rotatable bonds is 8. The summed E-state index contributed by atoms with van der Waals surface area (Å²) in [5, 5.41) is 3.36. The van der Waals surface area contributed by atoms with E-state index in [1.807, 2.05) is 35.2 Å². The van der Waals surface area contributed by atoms with Gasteiger partial charge in [-0.05, 0) is 47.9 Å². The fourth-order valence-corrected chi connectivity index (χ4v) is 4.00. The van der Waals surface area contributed by atoms with Gasteiger partial charge in [0, 0.05) is 25.5 Å². The number of nitrogens with one attached hydrogen (secondary N) is 1. The van der Waals surface area contributed by atoms with Crippen LogP contribution in [-0.4, -0.2) is 28.2 Å². The Kier molecular flexibility index (Phi) is 6.54. The molecule has 0 unspecified atom stereocenters. The first-order valence-corrected chi connectivity index (χ1v) is 10.7. The fraction of sp³-hybridized carbons (Fsp3) is 0.125. The number of hydrogen-bond donors (Lipinski definition) is 1. The Bertz CT molecular complexity index is 1130. The third-order valence-electron chi connectivity index (χ3n) is 4.70. The maximum absolute atomic E-state index is 13.3. The number of furan rings is 1. The van der Waals surface area contributed by atoms with Crippen molar-refractivity contribution in [1.82, 2.24) is 9.88 Å². The predicted octanol–water partition coefficient (Wildman–Crippen LogP) is 4.87. The van der Waals surface area contributed by atoms with E-state index in [1.165, 1.54) is 23.2 Å². The molecule has 3 heterocycles. The molecule has 1 aromatic carbocycles. The van der Waals surface area contributed by atoms with E-state index in [0.29, 0.717) is 23.0 Å². The molecule has 0 saturated heterocycles. The van der Waals surface area contributed by atoms with E-state index in [4.69, 9.17) is 4.42 Å². The molecule has 0 spiro atoms. The third-order valence-corrected chi connectivity index (χ3v) is 5.68. The van der Waals surface area contributed by atoms with Crippen LogP contribution in [0.1, 0.15) is 31.4 Å². The SMILES string of the molecule is O=C(Nc1ccc(C(=O)N(CCc2ccccc2)Cc2cccnc2)s1)c1ccco1. The third kappa shape index (κ3) is 5.46. The highest BCUT2D eigenvalue weighted by molar-refractivity contribution is 7.18. The molecule has 0 atom stereocenters. The number of carbonyl (C=O) groups is 2. The van der Waals surface area contributed by atoms with Crippen molar-refractivity contribution in [2.75, 3.05) is 11.9 Å². The number of carbonyl (C=O) groups excluding carboxylic acids is 2. The number of aromatic nitrogens is 1. The number of nitrogens with zero attached hydrogens (tertiary/aromatic N) is 2. The molecule has 2 amide bonds. The molecule has 31 heavy (non-hydrogen) atoms. The van der Waals surface area contributed by atoms with Gasteiger partial charge in [0.1, 0.15) is 0 Å². The average Bonchev–Trinajstić information content (AvgIpc) is 3.50. The summed E-state index contributed by atoms with van der Waals surface area (Å²) in [6.45, 7) is 1.04. The zero-order chi connectivity index (χ0) is 21.5. The van der Waals surface area contributed by atoms with Crippen molar-refractivity contribution >= 4 is 28.2 Å². The minimum atomic E-state index is -0.345. The van der Waals surface area contributed by atoms with Crippen LogP contribution in [0.25, 0.3) is 0 Å². The molecular formula is C24H21N3O3S. The highest BCUT2D eigenvalue weighted by Gasteiger charge is 2.19. The van der Waals surface area contributed by atoms with E-state index in [2.05, 4.69) is 22.4 Å². The van der Waals surface area contributed by atoms with Gasteiger partial charge in [0.15, 0.2) is 5.76 Å². The second-order valence-corrected chi connectivity index (χ2v) is 8.00. The van der Waals surface area contributed by atoms with E-state index in [0.717, 1.165) is 12.0 Å². The van der Waals surface area contributed by atoms with Crippen LogP contribution in [0.5, 0.6) is 0 Å². The number of amides is 2. The van der Waals surface area contributed by atoms with Crippen molar-refractivity contribution in [3.05, 3.63) is 107 Å². The molecule has 0 saturated carbocycles. The van der Waals surface area contributed by atoms with Gasteiger partial charge in [0.05, 0.1) is 16.1 Å². The maximum atomic E-state index is 13.3. The van der Waals surface area contributed by atoms with Crippen LogP contribution < -0.4 is 5.32 Å². The lowest BCUT2D eigenvalue weighted by Crippen LogP contribution is -2.32. The van der Waals surface area contributed by atoms with E-state index in [-0.39, 0.29) is 17.6 Å². The molecule has 1 N–H and O–H groups in total. The van der Waals surface area contributed by atoms with Crippen LogP contribution in [0.4, 0.5) is 5.00 Å². The molecule has 0 bridgehead atoms. The number of anilines is 1. The van der Waals surface area contributed by atoms with Gasteiger partial charge < -0.3 is 14.6 Å². The van der Waals surface area contributed by atoms with E-state index in [9.17, 15) is 9.59 Å². The molecule has 0 aliphatic rings. The maximum Gasteiger partial charge on any atom is 0.291 e. The standard InChI is InChI=1S/C24H21N3O3S/c28-23(20-9-5-15-30-20)26-22-11-10-21(31-22)24(29)27(17-19-8-4-13-25-16-19)14-12-18-6-2-1-3-7-18/h1-11,13,15-16H,12,14,17H2,(H,26,28). The molecular weight excluding hydrogens is 410 g/mol. The summed E-state index contributed by atoms with van der Waals surface area (Å²) in [6, 6.07) is 20.6. The van der Waals surface area contributed by atoms with Gasteiger partial charge in [-0.25, -0.2) is 0 Å². The van der Waals surface area contributed by atoms with Gasteiger partial charge >= 0.3 is 0 Å². The number of hydrogen-bond acceptors (Lipinski definition) is 5. The first-order valence-electron chi connectivity index (χ1n) is 9.86. The van der Waals surface area contributed by atoms with Gasteiger partial charge in [-0.15, -0.1) is 11.3 Å². The Balaban J connectivity index is 1.48. The zero-order valence-electron chi connectivity index (χ0n) is 16.7. The van der Waals surface area contributed by atoms with E-state index < -0.39 is 0 Å². The predicted molar refractivity (Wildman–Crippen MR) is 120 cm³/mol. The smallest absolute Gasteiger partial charge is 0.291 e. The number of pyridine rings is 1. The first kappa shape index (κ1) is 20.6. The van der Waals surface area contributed by atoms with Crippen LogP contribution >= 0.6 is 11.3 Å². The Morgan fingerprint density at radius 2 is 1.81 bits per heavy atom. The van der Waals surface area contributed by atoms with Gasteiger partial charge in [-0.2, -0.15) is 0 Å². The average molecular weight is 432 g/mol. The number of thiophene rings is 1. The topological polar surface area (TPSA) is 75.4 Å². The molecule has 156 valence electrons.